The molecule has 9 nitrogen and oxygen atoms in total. The van der Waals surface area contributed by atoms with Gasteiger partial charge in [0.1, 0.15) is 6.61 Å². The van der Waals surface area contributed by atoms with Crippen molar-refractivity contribution in [3.8, 4) is 0 Å². The van der Waals surface area contributed by atoms with Crippen LogP contribution < -0.4 is 5.73 Å². The van der Waals surface area contributed by atoms with E-state index in [4.69, 9.17) is 24.3 Å². The van der Waals surface area contributed by atoms with E-state index in [1.165, 1.54) is 250 Å². The fourth-order valence-electron chi connectivity index (χ4n) is 10.7. The summed E-state index contributed by atoms with van der Waals surface area (Å²) in [6.45, 7) is 3.66. The van der Waals surface area contributed by atoms with Gasteiger partial charge in [0, 0.05) is 19.4 Å². The maximum Gasteiger partial charge on any atom is 0.472 e. The van der Waals surface area contributed by atoms with E-state index in [2.05, 4.69) is 86.8 Å². The largest absolute Gasteiger partial charge is 0.472 e. The zero-order chi connectivity index (χ0) is 61.6. The van der Waals surface area contributed by atoms with Crippen molar-refractivity contribution in [2.75, 3.05) is 26.4 Å². The molecule has 0 aliphatic heterocycles. The SMILES string of the molecule is CC/C=C\C/C=C\C/C=C\C/C=C\C/C=C\CCCCCCCCCC(=O)OC(COC(=O)CCCCCCCCCCCCCCCCCCCCCCCCCCCCCCC/C=C\CCCCCCCCCC)COP(=O)(O)OCCN. The molecular weight excluding hydrogens is 1070 g/mol. The Morgan fingerprint density at radius 3 is 0.976 bits per heavy atom. The van der Waals surface area contributed by atoms with E-state index in [0.29, 0.717) is 6.42 Å². The molecule has 0 heterocycles. The Bertz CT molecular complexity index is 1620. The third-order valence-corrected chi connectivity index (χ3v) is 17.1. The van der Waals surface area contributed by atoms with Gasteiger partial charge in [-0.1, -0.05) is 337 Å². The van der Waals surface area contributed by atoms with E-state index in [9.17, 15) is 19.0 Å². The molecule has 0 bridgehead atoms. The summed E-state index contributed by atoms with van der Waals surface area (Å²) in [7, 11) is -4.40. The van der Waals surface area contributed by atoms with Crippen LogP contribution in [0.25, 0.3) is 0 Å². The number of ether oxygens (including phenoxy) is 2. The van der Waals surface area contributed by atoms with Gasteiger partial charge in [-0.15, -0.1) is 0 Å². The Kier molecular flexibility index (Phi) is 68.4. The van der Waals surface area contributed by atoms with Gasteiger partial charge >= 0.3 is 19.8 Å². The Morgan fingerprint density at radius 2 is 0.647 bits per heavy atom. The molecule has 0 aromatic rings. The molecule has 0 aromatic heterocycles. The highest BCUT2D eigenvalue weighted by Crippen LogP contribution is 2.43. The monoisotopic (exact) mass is 1210 g/mol. The minimum Gasteiger partial charge on any atom is -0.462 e. The van der Waals surface area contributed by atoms with Crippen LogP contribution in [0.2, 0.25) is 0 Å². The summed E-state index contributed by atoms with van der Waals surface area (Å²) in [6.07, 6.45) is 93.2. The molecule has 0 radical (unpaired) electrons. The zero-order valence-corrected chi connectivity index (χ0v) is 56.7. The smallest absolute Gasteiger partial charge is 0.462 e. The van der Waals surface area contributed by atoms with E-state index in [-0.39, 0.29) is 38.6 Å². The first kappa shape index (κ1) is 82.5. The highest BCUT2D eigenvalue weighted by Gasteiger charge is 2.26. The van der Waals surface area contributed by atoms with Gasteiger partial charge in [-0.2, -0.15) is 0 Å². The molecule has 0 rings (SSSR count). The summed E-state index contributed by atoms with van der Waals surface area (Å²) in [5.41, 5.74) is 5.40. The van der Waals surface area contributed by atoms with Crippen LogP contribution in [0.1, 0.15) is 361 Å². The van der Waals surface area contributed by atoms with Crippen molar-refractivity contribution >= 4 is 19.8 Å². The summed E-state index contributed by atoms with van der Waals surface area (Å²) < 4.78 is 33.2. The number of hydrogen-bond acceptors (Lipinski definition) is 8. The van der Waals surface area contributed by atoms with E-state index >= 15 is 0 Å². The zero-order valence-electron chi connectivity index (χ0n) is 55.8. The van der Waals surface area contributed by atoms with Crippen LogP contribution in [0.4, 0.5) is 0 Å². The summed E-state index contributed by atoms with van der Waals surface area (Å²) in [5.74, 6) is -0.829. The van der Waals surface area contributed by atoms with Crippen molar-refractivity contribution in [2.24, 2.45) is 5.73 Å². The molecule has 3 N–H and O–H groups in total. The molecule has 0 fully saturated rings. The van der Waals surface area contributed by atoms with E-state index in [0.717, 1.165) is 77.0 Å². The lowest BCUT2D eigenvalue weighted by atomic mass is 10.0. The fourth-order valence-corrected chi connectivity index (χ4v) is 11.5. The lowest BCUT2D eigenvalue weighted by Gasteiger charge is -2.19. The number of allylic oxidation sites excluding steroid dienone is 12. The maximum atomic E-state index is 12.7. The second-order valence-electron chi connectivity index (χ2n) is 24.4. The minimum atomic E-state index is -4.40. The number of nitrogens with two attached hydrogens (primary N) is 1. The van der Waals surface area contributed by atoms with Crippen LogP contribution in [0.5, 0.6) is 0 Å². The van der Waals surface area contributed by atoms with Crippen LogP contribution in [0, 0.1) is 0 Å². The van der Waals surface area contributed by atoms with Crippen LogP contribution >= 0.6 is 7.82 Å². The van der Waals surface area contributed by atoms with Gasteiger partial charge in [-0.25, -0.2) is 4.57 Å². The first-order chi connectivity index (χ1) is 41.8. The van der Waals surface area contributed by atoms with Crippen molar-refractivity contribution < 1.29 is 37.6 Å². The van der Waals surface area contributed by atoms with Crippen molar-refractivity contribution in [1.82, 2.24) is 0 Å². The highest BCUT2D eigenvalue weighted by atomic mass is 31.2. The second kappa shape index (κ2) is 70.5. The van der Waals surface area contributed by atoms with Gasteiger partial charge in [0.2, 0.25) is 0 Å². The Labute approximate surface area is 526 Å². The number of unbranched alkanes of at least 4 members (excludes halogenated alkanes) is 44. The van der Waals surface area contributed by atoms with Crippen LogP contribution in [-0.2, 0) is 32.7 Å². The van der Waals surface area contributed by atoms with E-state index in [1.807, 2.05) is 0 Å². The molecule has 2 atom stereocenters. The number of carbonyl (C=O) groups is 2. The molecular formula is C75H138NO8P. The molecule has 10 heteroatoms. The number of phosphoric acid groups is 1. The third kappa shape index (κ3) is 70.4. The standard InChI is InChI=1S/C75H138NO8P/c1-3-5-7-9-11-13-15-17-19-21-23-25-27-28-29-30-31-32-33-34-35-36-37-38-39-40-41-42-43-44-46-47-49-51-53-55-57-59-61-63-65-67-74(77)81-71-73(72-83-85(79,80)82-70-69-76)84-75(78)68-66-64-62-60-58-56-54-52-50-48-45-26-24-22-20-18-16-14-12-10-8-6-4-2/h6,8,12,14,18,20-21,23-24,26,48,50,73H,3-5,7,9-11,13,15-17,19,22,25,27-47,49,51-72,76H2,1-2H3,(H,79,80)/b8-6-,14-12-,20-18-,23-21-,26-24-,50-48-. The molecule has 0 aliphatic carbocycles. The van der Waals surface area contributed by atoms with E-state index < -0.39 is 26.5 Å². The molecule has 0 aromatic carbocycles. The Hall–Kier alpha value is -2.55. The predicted octanol–water partition coefficient (Wildman–Crippen LogP) is 24.0. The van der Waals surface area contributed by atoms with Gasteiger partial charge in [-0.05, 0) is 83.5 Å². The van der Waals surface area contributed by atoms with E-state index in [1.54, 1.807) is 0 Å². The summed E-state index contributed by atoms with van der Waals surface area (Å²) >= 11 is 0. The molecule has 85 heavy (non-hydrogen) atoms. The topological polar surface area (TPSA) is 134 Å². The average molecular weight is 1210 g/mol. The third-order valence-electron chi connectivity index (χ3n) is 16.1. The Morgan fingerprint density at radius 1 is 0.365 bits per heavy atom. The maximum absolute atomic E-state index is 12.7. The fraction of sp³-hybridized carbons (Fsp3) is 0.813. The lowest BCUT2D eigenvalue weighted by molar-refractivity contribution is -0.161. The van der Waals surface area contributed by atoms with Crippen LogP contribution in [-0.4, -0.2) is 49.3 Å². The molecule has 0 saturated heterocycles. The summed E-state index contributed by atoms with van der Waals surface area (Å²) in [6, 6.07) is 0. The normalized spacial score (nSPS) is 13.3. The molecule has 0 saturated carbocycles. The van der Waals surface area contributed by atoms with Gasteiger partial charge in [-0.3, -0.25) is 18.6 Å². The van der Waals surface area contributed by atoms with Gasteiger partial charge < -0.3 is 20.1 Å². The Balaban J connectivity index is 3.76. The lowest BCUT2D eigenvalue weighted by Crippen LogP contribution is -2.29. The minimum absolute atomic E-state index is 0.0499. The molecule has 0 amide bonds. The molecule has 0 aliphatic rings. The molecule has 0 spiro atoms. The van der Waals surface area contributed by atoms with Crippen LogP contribution in [0.3, 0.4) is 0 Å². The molecule has 496 valence electrons. The summed E-state index contributed by atoms with van der Waals surface area (Å²) in [5, 5.41) is 0. The number of esters is 2. The predicted molar refractivity (Wildman–Crippen MR) is 367 cm³/mol. The highest BCUT2D eigenvalue weighted by molar-refractivity contribution is 7.47. The first-order valence-electron chi connectivity index (χ1n) is 36.4. The number of phosphoric ester groups is 1. The second-order valence-corrected chi connectivity index (χ2v) is 25.9. The average Bonchev–Trinajstić information content (AvgIpc) is 3.52. The first-order valence-corrected chi connectivity index (χ1v) is 37.9. The van der Waals surface area contributed by atoms with Gasteiger partial charge in [0.15, 0.2) is 6.10 Å². The van der Waals surface area contributed by atoms with Crippen LogP contribution in [0.15, 0.2) is 72.9 Å². The number of hydrogen-bond donors (Lipinski definition) is 2. The van der Waals surface area contributed by atoms with Crippen molar-refractivity contribution in [1.29, 1.82) is 0 Å². The quantitative estimate of drug-likeness (QED) is 0.0264. The molecule has 2 unspecified atom stereocenters. The van der Waals surface area contributed by atoms with Gasteiger partial charge in [0.05, 0.1) is 13.2 Å². The number of carbonyl (C=O) groups excluding carboxylic acids is 2. The van der Waals surface area contributed by atoms with Crippen molar-refractivity contribution in [2.45, 2.75) is 367 Å². The van der Waals surface area contributed by atoms with Crippen molar-refractivity contribution in [3.63, 3.8) is 0 Å². The number of rotatable bonds is 69. The summed E-state index contributed by atoms with van der Waals surface area (Å²) in [4.78, 5) is 35.3. The van der Waals surface area contributed by atoms with Crippen molar-refractivity contribution in [3.05, 3.63) is 72.9 Å². The van der Waals surface area contributed by atoms with Gasteiger partial charge in [0.25, 0.3) is 0 Å².